The van der Waals surface area contributed by atoms with Gasteiger partial charge < -0.3 is 0 Å². The van der Waals surface area contributed by atoms with Gasteiger partial charge in [0.05, 0.1) is 0 Å². The second kappa shape index (κ2) is 5.44. The Kier molecular flexibility index (Phi) is 3.80. The Balaban J connectivity index is 1.83. The molecule has 0 aromatic heterocycles. The molecule has 0 saturated carbocycles. The molecule has 0 N–H and O–H groups in total. The molecule has 2 unspecified atom stereocenters. The molecule has 2 fully saturated rings. The molecular weight excluding hydrogens is 256 g/mol. The third-order valence-electron chi connectivity index (χ3n) is 5.28. The fourth-order valence-electron chi connectivity index (χ4n) is 4.20. The summed E-state index contributed by atoms with van der Waals surface area (Å²) in [5.74, 6) is 0.503. The van der Waals surface area contributed by atoms with Gasteiger partial charge in [0.1, 0.15) is 11.6 Å². The smallest absolute Gasteiger partial charge is 0.130 e. The number of benzene rings is 1. The Hall–Kier alpha value is -0.960. The zero-order valence-electron chi connectivity index (χ0n) is 12.3. The topological polar surface area (TPSA) is 3.24 Å². The van der Waals surface area contributed by atoms with Crippen LogP contribution in [0.2, 0.25) is 0 Å². The second-order valence-electron chi connectivity index (χ2n) is 6.66. The van der Waals surface area contributed by atoms with Crippen LogP contribution < -0.4 is 0 Å². The summed E-state index contributed by atoms with van der Waals surface area (Å²) in [6.45, 7) is 4.97. The summed E-state index contributed by atoms with van der Waals surface area (Å²) in [7, 11) is 0. The highest BCUT2D eigenvalue weighted by atomic mass is 19.1. The lowest BCUT2D eigenvalue weighted by Gasteiger charge is -2.42. The van der Waals surface area contributed by atoms with E-state index in [2.05, 4.69) is 18.7 Å². The molecule has 1 nitrogen and oxygen atoms in total. The molecule has 3 rings (SSSR count). The van der Waals surface area contributed by atoms with Crippen molar-refractivity contribution in [3.05, 3.63) is 35.4 Å². The quantitative estimate of drug-likeness (QED) is 0.794. The maximum atomic E-state index is 13.9. The molecule has 0 radical (unpaired) electrons. The zero-order chi connectivity index (χ0) is 14.3. The van der Waals surface area contributed by atoms with Gasteiger partial charge in [-0.25, -0.2) is 8.78 Å². The normalized spacial score (nSPS) is 30.1. The predicted octanol–water partition coefficient (Wildman–Crippen LogP) is 4.36. The first kappa shape index (κ1) is 14.0. The van der Waals surface area contributed by atoms with E-state index in [1.54, 1.807) is 0 Å². The molecule has 3 atom stereocenters. The molecule has 0 aliphatic carbocycles. The highest BCUT2D eigenvalue weighted by Crippen LogP contribution is 2.43. The summed E-state index contributed by atoms with van der Waals surface area (Å²) in [6, 6.07) is 5.20. The van der Waals surface area contributed by atoms with Gasteiger partial charge in [0.25, 0.3) is 0 Å². The average molecular weight is 279 g/mol. The number of fused-ring (bicyclic) bond motifs is 2. The van der Waals surface area contributed by atoms with Gasteiger partial charge in [-0.15, -0.1) is 0 Å². The van der Waals surface area contributed by atoms with Crippen molar-refractivity contribution in [3.8, 4) is 0 Å². The highest BCUT2D eigenvalue weighted by molar-refractivity contribution is 5.20. The summed E-state index contributed by atoms with van der Waals surface area (Å²) < 4.78 is 27.7. The van der Waals surface area contributed by atoms with Crippen LogP contribution in [0.1, 0.15) is 45.1 Å². The van der Waals surface area contributed by atoms with Crippen molar-refractivity contribution in [1.29, 1.82) is 0 Å². The number of halogens is 2. The number of piperidine rings is 1. The minimum Gasteiger partial charge on any atom is -0.293 e. The van der Waals surface area contributed by atoms with E-state index in [0.29, 0.717) is 30.5 Å². The van der Waals surface area contributed by atoms with Crippen LogP contribution in [0.25, 0.3) is 0 Å². The predicted molar refractivity (Wildman–Crippen MR) is 76.3 cm³/mol. The monoisotopic (exact) mass is 279 g/mol. The summed E-state index contributed by atoms with van der Waals surface area (Å²) in [4.78, 5) is 2.37. The number of hydrogen-bond donors (Lipinski definition) is 0. The number of nitrogens with zero attached hydrogens (tertiary/aromatic N) is 1. The number of hydrogen-bond acceptors (Lipinski definition) is 1. The standard InChI is InChI=1S/C17H23F2N/c1-11(2)13-8-6-12-7-9-17(13)20(12)10-14-15(18)4-3-5-16(14)19/h3-5,11-13,17H,6-10H2,1-2H3/t12?,13-,17?/m1/s1. The van der Waals surface area contributed by atoms with Crippen LogP contribution in [0.15, 0.2) is 18.2 Å². The molecule has 1 aromatic rings. The minimum atomic E-state index is -0.406. The Morgan fingerprint density at radius 1 is 1.10 bits per heavy atom. The fourth-order valence-corrected chi connectivity index (χ4v) is 4.20. The third-order valence-corrected chi connectivity index (χ3v) is 5.28. The van der Waals surface area contributed by atoms with Gasteiger partial charge in [-0.1, -0.05) is 19.9 Å². The summed E-state index contributed by atoms with van der Waals surface area (Å²) >= 11 is 0. The summed E-state index contributed by atoms with van der Waals surface area (Å²) in [6.07, 6.45) is 4.81. The third kappa shape index (κ3) is 2.37. The molecular formula is C17H23F2N. The van der Waals surface area contributed by atoms with Crippen molar-refractivity contribution in [2.75, 3.05) is 0 Å². The van der Waals surface area contributed by atoms with E-state index in [0.717, 1.165) is 0 Å². The Bertz CT molecular complexity index is 466. The van der Waals surface area contributed by atoms with E-state index in [9.17, 15) is 8.78 Å². The SMILES string of the molecule is CC(C)[C@H]1CCC2CCC1N2Cc1c(F)cccc1F. The lowest BCUT2D eigenvalue weighted by Crippen LogP contribution is -2.46. The molecule has 1 aromatic carbocycles. The molecule has 2 bridgehead atoms. The van der Waals surface area contributed by atoms with Gasteiger partial charge in [-0.3, -0.25) is 4.90 Å². The molecule has 2 aliphatic rings. The molecule has 0 amide bonds. The van der Waals surface area contributed by atoms with Gasteiger partial charge in [-0.2, -0.15) is 0 Å². The molecule has 0 spiro atoms. The van der Waals surface area contributed by atoms with Crippen molar-refractivity contribution in [1.82, 2.24) is 4.90 Å². The maximum Gasteiger partial charge on any atom is 0.130 e. The van der Waals surface area contributed by atoms with Crippen LogP contribution in [0.3, 0.4) is 0 Å². The van der Waals surface area contributed by atoms with E-state index in [4.69, 9.17) is 0 Å². The molecule has 20 heavy (non-hydrogen) atoms. The van der Waals surface area contributed by atoms with Gasteiger partial charge in [-0.05, 0) is 49.7 Å². The maximum absolute atomic E-state index is 13.9. The van der Waals surface area contributed by atoms with Crippen LogP contribution in [0, 0.1) is 23.5 Å². The molecule has 2 saturated heterocycles. The van der Waals surface area contributed by atoms with E-state index >= 15 is 0 Å². The van der Waals surface area contributed by atoms with Crippen LogP contribution in [0.4, 0.5) is 8.78 Å². The van der Waals surface area contributed by atoms with Crippen molar-refractivity contribution in [2.45, 2.75) is 58.2 Å². The Morgan fingerprint density at radius 2 is 1.75 bits per heavy atom. The van der Waals surface area contributed by atoms with Crippen LogP contribution in [-0.2, 0) is 6.54 Å². The van der Waals surface area contributed by atoms with Crippen molar-refractivity contribution >= 4 is 0 Å². The molecule has 110 valence electrons. The average Bonchev–Trinajstić information content (AvgIpc) is 2.65. The van der Waals surface area contributed by atoms with E-state index < -0.39 is 11.6 Å². The lowest BCUT2D eigenvalue weighted by atomic mass is 9.81. The van der Waals surface area contributed by atoms with Crippen molar-refractivity contribution in [2.24, 2.45) is 11.8 Å². The van der Waals surface area contributed by atoms with E-state index in [1.807, 2.05) is 0 Å². The van der Waals surface area contributed by atoms with Crippen LogP contribution in [0.5, 0.6) is 0 Å². The van der Waals surface area contributed by atoms with Gasteiger partial charge in [0.15, 0.2) is 0 Å². The lowest BCUT2D eigenvalue weighted by molar-refractivity contribution is 0.0600. The van der Waals surface area contributed by atoms with Gasteiger partial charge in [0.2, 0.25) is 0 Å². The Labute approximate surface area is 120 Å². The van der Waals surface area contributed by atoms with Crippen LogP contribution >= 0.6 is 0 Å². The highest BCUT2D eigenvalue weighted by Gasteiger charge is 2.43. The summed E-state index contributed by atoms with van der Waals surface area (Å²) in [5, 5.41) is 0. The molecule has 3 heteroatoms. The van der Waals surface area contributed by atoms with Gasteiger partial charge >= 0.3 is 0 Å². The fraction of sp³-hybridized carbons (Fsp3) is 0.647. The minimum absolute atomic E-state index is 0.244. The second-order valence-corrected chi connectivity index (χ2v) is 6.66. The largest absolute Gasteiger partial charge is 0.293 e. The van der Waals surface area contributed by atoms with Crippen molar-refractivity contribution in [3.63, 3.8) is 0 Å². The molecule has 2 heterocycles. The first-order chi connectivity index (χ1) is 9.58. The van der Waals surface area contributed by atoms with Gasteiger partial charge in [0, 0.05) is 24.2 Å². The van der Waals surface area contributed by atoms with Crippen LogP contribution in [-0.4, -0.2) is 17.0 Å². The summed E-state index contributed by atoms with van der Waals surface area (Å²) in [5.41, 5.74) is 0.244. The van der Waals surface area contributed by atoms with Crippen molar-refractivity contribution < 1.29 is 8.78 Å². The van der Waals surface area contributed by atoms with E-state index in [1.165, 1.54) is 43.9 Å². The number of rotatable bonds is 3. The van der Waals surface area contributed by atoms with E-state index in [-0.39, 0.29) is 5.56 Å². The Morgan fingerprint density at radius 3 is 2.40 bits per heavy atom. The first-order valence-electron chi connectivity index (χ1n) is 7.76. The zero-order valence-corrected chi connectivity index (χ0v) is 12.3. The first-order valence-corrected chi connectivity index (χ1v) is 7.76. The molecule has 2 aliphatic heterocycles.